The lowest BCUT2D eigenvalue weighted by molar-refractivity contribution is -0.139. The molecule has 6 atom stereocenters. The fourth-order valence-corrected chi connectivity index (χ4v) is 9.36. The molecular weight excluding hydrogens is 763 g/mol. The van der Waals surface area contributed by atoms with Crippen molar-refractivity contribution >= 4 is 58.3 Å². The SMILES string of the molecule is CCc1ccc(N2C(=O)C3CC=C4C(CC5C(=O)N(Nc6ncc(C(F)(F)F)cc6Cl)C(=O)C5(c5ccc(Cl)cc5)C4c4cccc(F)c4O)C3C2=O)cc1. The van der Waals surface area contributed by atoms with Crippen LogP contribution in [-0.2, 0) is 37.2 Å². The summed E-state index contributed by atoms with van der Waals surface area (Å²) >= 11 is 12.5. The number of allylic oxidation sites excluding steroid dienone is 2. The van der Waals surface area contributed by atoms with E-state index in [0.29, 0.717) is 33.6 Å². The number of nitrogens with zero attached hydrogens (tertiary/aromatic N) is 3. The Balaban J connectivity index is 1.31. The molecule has 3 heterocycles. The van der Waals surface area contributed by atoms with Gasteiger partial charge in [0, 0.05) is 22.7 Å². The first-order chi connectivity index (χ1) is 26.2. The summed E-state index contributed by atoms with van der Waals surface area (Å²) in [5, 5.41) is 11.8. The molecule has 4 aliphatic rings. The van der Waals surface area contributed by atoms with Crippen LogP contribution < -0.4 is 10.3 Å². The number of aromatic nitrogens is 1. The Morgan fingerprint density at radius 1 is 0.945 bits per heavy atom. The molecule has 2 aliphatic carbocycles. The van der Waals surface area contributed by atoms with Crippen molar-refractivity contribution in [3.05, 3.63) is 129 Å². The number of rotatable bonds is 6. The highest BCUT2D eigenvalue weighted by molar-refractivity contribution is 6.33. The number of carbonyl (C=O) groups is 4. The summed E-state index contributed by atoms with van der Waals surface area (Å²) in [6.07, 6.45) is -1.86. The topological polar surface area (TPSA) is 120 Å². The van der Waals surface area contributed by atoms with Crippen molar-refractivity contribution in [3.8, 4) is 5.75 Å². The number of phenols is 1. The number of anilines is 2. The average Bonchev–Trinajstić information content (AvgIpc) is 3.54. The lowest BCUT2D eigenvalue weighted by Gasteiger charge is -2.50. The van der Waals surface area contributed by atoms with Crippen molar-refractivity contribution < 1.29 is 41.8 Å². The van der Waals surface area contributed by atoms with Gasteiger partial charge in [0.15, 0.2) is 17.4 Å². The van der Waals surface area contributed by atoms with Gasteiger partial charge in [0.2, 0.25) is 11.8 Å². The largest absolute Gasteiger partial charge is 0.505 e. The molecule has 8 rings (SSSR count). The van der Waals surface area contributed by atoms with Crippen LogP contribution in [-0.4, -0.2) is 38.7 Å². The van der Waals surface area contributed by atoms with Crippen LogP contribution in [0.15, 0.2) is 90.6 Å². The minimum absolute atomic E-state index is 0.0492. The molecule has 0 bridgehead atoms. The molecule has 2 N–H and O–H groups in total. The second-order valence-electron chi connectivity index (χ2n) is 14.1. The Kier molecular flexibility index (Phi) is 8.80. The maximum absolute atomic E-state index is 15.3. The van der Waals surface area contributed by atoms with Gasteiger partial charge in [0.1, 0.15) is 0 Å². The highest BCUT2D eigenvalue weighted by atomic mass is 35.5. The first kappa shape index (κ1) is 36.7. The Morgan fingerprint density at radius 3 is 2.31 bits per heavy atom. The summed E-state index contributed by atoms with van der Waals surface area (Å²) < 4.78 is 55.7. The number of aryl methyl sites for hydroxylation is 1. The third-order valence-electron chi connectivity index (χ3n) is 11.5. The third kappa shape index (κ3) is 5.53. The number of carbonyl (C=O) groups excluding carboxylic acids is 4. The summed E-state index contributed by atoms with van der Waals surface area (Å²) in [4.78, 5) is 63.4. The maximum Gasteiger partial charge on any atom is 0.417 e. The van der Waals surface area contributed by atoms with Crippen molar-refractivity contribution in [2.45, 2.75) is 43.7 Å². The van der Waals surface area contributed by atoms with Crippen LogP contribution in [0.5, 0.6) is 5.75 Å². The summed E-state index contributed by atoms with van der Waals surface area (Å²) in [6.45, 7) is 1.98. The number of para-hydroxylation sites is 1. The van der Waals surface area contributed by atoms with E-state index in [9.17, 15) is 32.7 Å². The predicted octanol–water partition coefficient (Wildman–Crippen LogP) is 8.00. The molecule has 6 unspecified atom stereocenters. The van der Waals surface area contributed by atoms with E-state index in [0.717, 1.165) is 23.0 Å². The summed E-state index contributed by atoms with van der Waals surface area (Å²) in [5.41, 5.74) is 1.50. The second-order valence-corrected chi connectivity index (χ2v) is 15.0. The number of phenolic OH excluding ortho intramolecular Hbond substituents is 1. The van der Waals surface area contributed by atoms with Gasteiger partial charge in [-0.15, -0.1) is 0 Å². The van der Waals surface area contributed by atoms with E-state index in [1.54, 1.807) is 18.2 Å². The van der Waals surface area contributed by atoms with Crippen LogP contribution in [0.25, 0.3) is 0 Å². The Bertz CT molecular complexity index is 2320. The van der Waals surface area contributed by atoms with E-state index in [1.807, 2.05) is 19.1 Å². The van der Waals surface area contributed by atoms with Gasteiger partial charge < -0.3 is 5.11 Å². The number of halogens is 6. The van der Waals surface area contributed by atoms with Crippen molar-refractivity contribution in [3.63, 3.8) is 0 Å². The standard InChI is InChI=1S/C40H30Cl2F4N4O5/c1-2-19-6-12-23(13-7-19)49-35(52)25-15-14-24-27(31(25)37(49)54)17-28-36(53)50(48-34-29(42)16-21(18-47-34)40(44,45)46)38(55)39(28,20-8-10-22(41)11-9-20)32(24)26-4-3-5-30(43)33(26)51/h3-14,16,18,25,27-28,31-32,51H,2,15,17H2,1H3,(H,47,48). The molecule has 0 radical (unpaired) electrons. The molecule has 1 aromatic heterocycles. The smallest absolute Gasteiger partial charge is 0.417 e. The molecule has 1 saturated carbocycles. The molecule has 4 amide bonds. The van der Waals surface area contributed by atoms with Crippen molar-refractivity contribution in [2.24, 2.45) is 23.7 Å². The Hall–Kier alpha value is -5.27. The number of hydrogen-bond donors (Lipinski definition) is 2. The number of fused-ring (bicyclic) bond motifs is 4. The van der Waals surface area contributed by atoms with Gasteiger partial charge in [-0.1, -0.05) is 78.2 Å². The van der Waals surface area contributed by atoms with Crippen molar-refractivity contribution in [2.75, 3.05) is 10.3 Å². The monoisotopic (exact) mass is 792 g/mol. The molecule has 3 aromatic carbocycles. The van der Waals surface area contributed by atoms with Gasteiger partial charge in [0.05, 0.1) is 39.4 Å². The van der Waals surface area contributed by atoms with Crippen LogP contribution in [0.2, 0.25) is 10.0 Å². The van der Waals surface area contributed by atoms with E-state index < -0.39 is 92.8 Å². The van der Waals surface area contributed by atoms with Crippen LogP contribution in [0.4, 0.5) is 29.1 Å². The summed E-state index contributed by atoms with van der Waals surface area (Å²) in [7, 11) is 0. The molecular formula is C40H30Cl2F4N4O5. The van der Waals surface area contributed by atoms with E-state index in [-0.39, 0.29) is 24.0 Å². The number of pyridine rings is 1. The van der Waals surface area contributed by atoms with E-state index >= 15 is 9.18 Å². The van der Waals surface area contributed by atoms with Crippen LogP contribution >= 0.6 is 23.2 Å². The number of alkyl halides is 3. The molecule has 2 saturated heterocycles. The number of benzene rings is 3. The van der Waals surface area contributed by atoms with E-state index in [4.69, 9.17) is 23.2 Å². The average molecular weight is 794 g/mol. The number of hydrogen-bond acceptors (Lipinski definition) is 7. The van der Waals surface area contributed by atoms with Crippen LogP contribution in [0, 0.1) is 29.5 Å². The molecule has 0 spiro atoms. The molecule has 2 aliphatic heterocycles. The zero-order valence-electron chi connectivity index (χ0n) is 28.8. The first-order valence-corrected chi connectivity index (χ1v) is 18.2. The van der Waals surface area contributed by atoms with Gasteiger partial charge in [-0.2, -0.15) is 18.2 Å². The normalized spacial score (nSPS) is 26.2. The first-order valence-electron chi connectivity index (χ1n) is 17.5. The van der Waals surface area contributed by atoms with Crippen LogP contribution in [0.1, 0.15) is 47.9 Å². The number of hydrazine groups is 1. The summed E-state index contributed by atoms with van der Waals surface area (Å²) in [5.74, 6) is -10.1. The van der Waals surface area contributed by atoms with Crippen molar-refractivity contribution in [1.29, 1.82) is 0 Å². The number of imide groups is 2. The fourth-order valence-electron chi connectivity index (χ4n) is 9.03. The second kappa shape index (κ2) is 13.2. The lowest BCUT2D eigenvalue weighted by Crippen LogP contribution is -2.53. The molecule has 3 fully saturated rings. The highest BCUT2D eigenvalue weighted by Crippen LogP contribution is 2.65. The predicted molar refractivity (Wildman–Crippen MR) is 193 cm³/mol. The van der Waals surface area contributed by atoms with E-state index in [1.165, 1.54) is 36.4 Å². The fraction of sp³-hybridized carbons (Fsp3) is 0.275. The molecule has 4 aromatic rings. The van der Waals surface area contributed by atoms with E-state index in [2.05, 4.69) is 10.4 Å². The molecule has 282 valence electrons. The number of aromatic hydroxyl groups is 1. The summed E-state index contributed by atoms with van der Waals surface area (Å²) in [6, 6.07) is 17.5. The number of nitrogens with one attached hydrogen (secondary N) is 1. The molecule has 9 nitrogen and oxygen atoms in total. The quantitative estimate of drug-likeness (QED) is 0.115. The minimum Gasteiger partial charge on any atom is -0.505 e. The third-order valence-corrected chi connectivity index (χ3v) is 12.0. The molecule has 55 heavy (non-hydrogen) atoms. The lowest BCUT2D eigenvalue weighted by atomic mass is 9.49. The Morgan fingerprint density at radius 2 is 1.65 bits per heavy atom. The van der Waals surface area contributed by atoms with Gasteiger partial charge in [-0.05, 0) is 72.7 Å². The number of amides is 4. The van der Waals surface area contributed by atoms with Gasteiger partial charge in [0.25, 0.3) is 11.8 Å². The molecule has 15 heteroatoms. The zero-order chi connectivity index (χ0) is 39.1. The van der Waals surface area contributed by atoms with Gasteiger partial charge in [-0.3, -0.25) is 29.5 Å². The maximum atomic E-state index is 15.3. The highest BCUT2D eigenvalue weighted by Gasteiger charge is 2.71. The zero-order valence-corrected chi connectivity index (χ0v) is 30.3. The van der Waals surface area contributed by atoms with Crippen molar-refractivity contribution in [1.82, 2.24) is 9.99 Å². The van der Waals surface area contributed by atoms with Gasteiger partial charge in [-0.25, -0.2) is 9.37 Å². The minimum atomic E-state index is -4.78. The van der Waals surface area contributed by atoms with Crippen LogP contribution in [0.3, 0.4) is 0 Å². The van der Waals surface area contributed by atoms with Gasteiger partial charge >= 0.3 is 6.18 Å². The Labute approximate surface area is 321 Å².